The van der Waals surface area contributed by atoms with E-state index in [4.69, 9.17) is 0 Å². The van der Waals surface area contributed by atoms with Crippen molar-refractivity contribution in [3.8, 4) is 0 Å². The van der Waals surface area contributed by atoms with Crippen molar-refractivity contribution in [1.29, 1.82) is 0 Å². The lowest BCUT2D eigenvalue weighted by Crippen LogP contribution is -2.39. The lowest BCUT2D eigenvalue weighted by molar-refractivity contribution is 0.209. The Bertz CT molecular complexity index is 240. The van der Waals surface area contributed by atoms with E-state index in [0.717, 1.165) is 32.4 Å². The van der Waals surface area contributed by atoms with Gasteiger partial charge in [-0.1, -0.05) is 6.92 Å². The molecule has 0 bridgehead atoms. The van der Waals surface area contributed by atoms with Crippen LogP contribution < -0.4 is 5.32 Å². The van der Waals surface area contributed by atoms with Gasteiger partial charge in [0, 0.05) is 41.9 Å². The Morgan fingerprint density at radius 3 is 2.60 bits per heavy atom. The first-order valence-electron chi connectivity index (χ1n) is 5.46. The number of urea groups is 1. The van der Waals surface area contributed by atoms with Crippen molar-refractivity contribution in [2.45, 2.75) is 31.4 Å². The van der Waals surface area contributed by atoms with Gasteiger partial charge in [-0.25, -0.2) is 4.79 Å². The minimum Gasteiger partial charge on any atom is -0.338 e. The van der Waals surface area contributed by atoms with Crippen molar-refractivity contribution in [2.24, 2.45) is 0 Å². The molecular formula is C10H20N2O2S. The van der Waals surface area contributed by atoms with Crippen LogP contribution in [0.25, 0.3) is 0 Å². The second-order valence-corrected chi connectivity index (χ2v) is 5.83. The minimum atomic E-state index is -0.792. The van der Waals surface area contributed by atoms with E-state index >= 15 is 0 Å². The second-order valence-electron chi connectivity index (χ2n) is 4.02. The summed E-state index contributed by atoms with van der Waals surface area (Å²) in [6, 6.07) is 0.0292. The molecular weight excluding hydrogens is 212 g/mol. The first-order valence-corrected chi connectivity index (χ1v) is 7.08. The number of nitrogens with zero attached hydrogens (tertiary/aromatic N) is 1. The molecule has 1 aliphatic rings. The number of amides is 2. The zero-order valence-electron chi connectivity index (χ0n) is 9.49. The summed E-state index contributed by atoms with van der Waals surface area (Å²) in [6.45, 7) is 4.32. The van der Waals surface area contributed by atoms with Gasteiger partial charge in [0.15, 0.2) is 0 Å². The third kappa shape index (κ3) is 4.20. The Kier molecular flexibility index (Phi) is 5.08. The SMILES string of the molecule is CC(CCNC(=O)N1CCCC1)S(C)=O. The number of carbonyl (C=O) groups excluding carboxylic acids is 1. The van der Waals surface area contributed by atoms with E-state index < -0.39 is 10.8 Å². The molecule has 1 aliphatic heterocycles. The van der Waals surface area contributed by atoms with E-state index in [2.05, 4.69) is 5.32 Å². The summed E-state index contributed by atoms with van der Waals surface area (Å²) in [5.74, 6) is 0. The van der Waals surface area contributed by atoms with Gasteiger partial charge in [0.1, 0.15) is 0 Å². The zero-order valence-corrected chi connectivity index (χ0v) is 10.3. The molecule has 88 valence electrons. The van der Waals surface area contributed by atoms with Crippen molar-refractivity contribution in [2.75, 3.05) is 25.9 Å². The first kappa shape index (κ1) is 12.5. The Balaban J connectivity index is 2.14. The van der Waals surface area contributed by atoms with Crippen LogP contribution in [-0.4, -0.2) is 46.3 Å². The van der Waals surface area contributed by atoms with Crippen molar-refractivity contribution in [3.63, 3.8) is 0 Å². The maximum Gasteiger partial charge on any atom is 0.317 e. The third-order valence-electron chi connectivity index (χ3n) is 2.79. The molecule has 1 rings (SSSR count). The fourth-order valence-corrected chi connectivity index (χ4v) is 2.03. The Hall–Kier alpha value is -0.580. The van der Waals surface area contributed by atoms with E-state index in [-0.39, 0.29) is 11.3 Å². The molecule has 4 nitrogen and oxygen atoms in total. The smallest absolute Gasteiger partial charge is 0.317 e. The molecule has 2 amide bonds. The van der Waals surface area contributed by atoms with Crippen molar-refractivity contribution >= 4 is 16.8 Å². The Morgan fingerprint density at radius 1 is 1.47 bits per heavy atom. The third-order valence-corrected chi connectivity index (χ3v) is 4.16. The molecule has 5 heteroatoms. The Morgan fingerprint density at radius 2 is 2.07 bits per heavy atom. The molecule has 0 aromatic heterocycles. The van der Waals surface area contributed by atoms with Crippen LogP contribution in [0.2, 0.25) is 0 Å². The Labute approximate surface area is 93.9 Å². The van der Waals surface area contributed by atoms with Crippen molar-refractivity contribution in [1.82, 2.24) is 10.2 Å². The number of carbonyl (C=O) groups is 1. The van der Waals surface area contributed by atoms with Crippen LogP contribution in [0.5, 0.6) is 0 Å². The van der Waals surface area contributed by atoms with Crippen LogP contribution in [0.4, 0.5) is 4.79 Å². The quantitative estimate of drug-likeness (QED) is 0.784. The molecule has 0 radical (unpaired) electrons. The average Bonchev–Trinajstić information content (AvgIpc) is 2.70. The highest BCUT2D eigenvalue weighted by atomic mass is 32.2. The highest BCUT2D eigenvalue weighted by Gasteiger charge is 2.17. The zero-order chi connectivity index (χ0) is 11.3. The van der Waals surface area contributed by atoms with Gasteiger partial charge in [0.2, 0.25) is 0 Å². The number of nitrogens with one attached hydrogen (secondary N) is 1. The van der Waals surface area contributed by atoms with Crippen molar-refractivity contribution < 1.29 is 9.00 Å². The molecule has 2 unspecified atom stereocenters. The predicted octanol–water partition coefficient (Wildman–Crippen LogP) is 0.949. The first-order chi connectivity index (χ1) is 7.11. The largest absolute Gasteiger partial charge is 0.338 e. The van der Waals surface area contributed by atoms with Gasteiger partial charge in [-0.15, -0.1) is 0 Å². The molecule has 1 fully saturated rings. The molecule has 1 heterocycles. The molecule has 0 aliphatic carbocycles. The predicted molar refractivity (Wildman–Crippen MR) is 62.4 cm³/mol. The highest BCUT2D eigenvalue weighted by molar-refractivity contribution is 7.84. The van der Waals surface area contributed by atoms with Gasteiger partial charge in [0.25, 0.3) is 0 Å². The molecule has 0 spiro atoms. The number of hydrogen-bond donors (Lipinski definition) is 1. The normalized spacial score (nSPS) is 20.0. The van der Waals surface area contributed by atoms with E-state index in [9.17, 15) is 9.00 Å². The fraction of sp³-hybridized carbons (Fsp3) is 0.900. The molecule has 1 N–H and O–H groups in total. The standard InChI is InChI=1S/C10H20N2O2S/c1-9(15(2)14)5-6-11-10(13)12-7-3-4-8-12/h9H,3-8H2,1-2H3,(H,11,13). The average molecular weight is 232 g/mol. The van der Waals surface area contributed by atoms with E-state index in [1.165, 1.54) is 0 Å². The van der Waals surface area contributed by atoms with Crippen LogP contribution in [0.1, 0.15) is 26.2 Å². The topological polar surface area (TPSA) is 49.4 Å². The molecule has 15 heavy (non-hydrogen) atoms. The summed E-state index contributed by atoms with van der Waals surface area (Å²) in [5, 5.41) is 3.02. The lowest BCUT2D eigenvalue weighted by Gasteiger charge is -2.16. The van der Waals surface area contributed by atoms with Crippen LogP contribution in [0.3, 0.4) is 0 Å². The minimum absolute atomic E-state index is 0.0292. The van der Waals surface area contributed by atoms with Gasteiger partial charge >= 0.3 is 6.03 Å². The second kappa shape index (κ2) is 6.10. The summed E-state index contributed by atoms with van der Waals surface area (Å²) >= 11 is 0. The van der Waals surface area contributed by atoms with Crippen LogP contribution in [0.15, 0.2) is 0 Å². The fourth-order valence-electron chi connectivity index (χ4n) is 1.58. The van der Waals surface area contributed by atoms with Gasteiger partial charge in [-0.2, -0.15) is 0 Å². The molecule has 1 saturated heterocycles. The van der Waals surface area contributed by atoms with E-state index in [1.54, 1.807) is 6.26 Å². The van der Waals surface area contributed by atoms with Crippen LogP contribution in [0, 0.1) is 0 Å². The van der Waals surface area contributed by atoms with Crippen LogP contribution >= 0.6 is 0 Å². The number of rotatable bonds is 4. The summed E-state index contributed by atoms with van der Waals surface area (Å²) < 4.78 is 11.1. The summed E-state index contributed by atoms with van der Waals surface area (Å²) in [7, 11) is -0.792. The summed E-state index contributed by atoms with van der Waals surface area (Å²) in [6.07, 6.45) is 4.71. The van der Waals surface area contributed by atoms with Crippen molar-refractivity contribution in [3.05, 3.63) is 0 Å². The molecule has 0 aromatic rings. The van der Waals surface area contributed by atoms with Gasteiger partial charge in [-0.3, -0.25) is 4.21 Å². The maximum atomic E-state index is 11.5. The monoisotopic (exact) mass is 232 g/mol. The highest BCUT2D eigenvalue weighted by Crippen LogP contribution is 2.07. The summed E-state index contributed by atoms with van der Waals surface area (Å²) in [5.41, 5.74) is 0. The van der Waals surface area contributed by atoms with E-state index in [0.29, 0.717) is 6.54 Å². The summed E-state index contributed by atoms with van der Waals surface area (Å²) in [4.78, 5) is 13.4. The van der Waals surface area contributed by atoms with Gasteiger partial charge in [-0.05, 0) is 19.3 Å². The maximum absolute atomic E-state index is 11.5. The number of hydrogen-bond acceptors (Lipinski definition) is 2. The van der Waals surface area contributed by atoms with Gasteiger partial charge in [0.05, 0.1) is 0 Å². The molecule has 0 saturated carbocycles. The van der Waals surface area contributed by atoms with E-state index in [1.807, 2.05) is 11.8 Å². The molecule has 2 atom stereocenters. The van der Waals surface area contributed by atoms with Crippen LogP contribution in [-0.2, 0) is 10.8 Å². The molecule has 0 aromatic carbocycles. The van der Waals surface area contributed by atoms with Gasteiger partial charge < -0.3 is 10.2 Å². The number of likely N-dealkylation sites (tertiary alicyclic amines) is 1. The lowest BCUT2D eigenvalue weighted by atomic mass is 10.3.